The van der Waals surface area contributed by atoms with Crippen LogP contribution in [0.3, 0.4) is 0 Å². The van der Waals surface area contributed by atoms with Crippen LogP contribution in [0, 0.1) is 11.8 Å². The summed E-state index contributed by atoms with van der Waals surface area (Å²) in [7, 11) is 0. The molecule has 2 rings (SSSR count). The maximum Gasteiger partial charge on any atom is 0.0558 e. The number of rotatable bonds is 9. The molecule has 0 aromatic carbocycles. The van der Waals surface area contributed by atoms with Crippen molar-refractivity contribution in [3.05, 3.63) is 0 Å². The van der Waals surface area contributed by atoms with Gasteiger partial charge in [0, 0.05) is 25.2 Å². The van der Waals surface area contributed by atoms with Crippen molar-refractivity contribution in [2.24, 2.45) is 11.8 Å². The van der Waals surface area contributed by atoms with Crippen LogP contribution in [0.5, 0.6) is 0 Å². The molecule has 3 heteroatoms. The van der Waals surface area contributed by atoms with Gasteiger partial charge in [-0.2, -0.15) is 0 Å². The highest BCUT2D eigenvalue weighted by Gasteiger charge is 2.33. The molecule has 0 aliphatic heterocycles. The molecule has 0 amide bonds. The van der Waals surface area contributed by atoms with E-state index in [-0.39, 0.29) is 0 Å². The molecule has 0 bridgehead atoms. The fourth-order valence-corrected chi connectivity index (χ4v) is 4.37. The van der Waals surface area contributed by atoms with Crippen LogP contribution in [0.15, 0.2) is 0 Å². The lowest BCUT2D eigenvalue weighted by atomic mass is 9.75. The highest BCUT2D eigenvalue weighted by molar-refractivity contribution is 4.89. The van der Waals surface area contributed by atoms with Crippen molar-refractivity contribution >= 4 is 0 Å². The standard InChI is InChI=1S/C18H36N2O/c1-3-6-15-9-10-18(19-4-2)16(13-15)14-20(11-12-21)17-7-5-8-17/h15-19,21H,3-14H2,1-2H3. The third-order valence-corrected chi connectivity index (χ3v) is 5.70. The van der Waals surface area contributed by atoms with Gasteiger partial charge < -0.3 is 10.4 Å². The van der Waals surface area contributed by atoms with E-state index in [4.69, 9.17) is 0 Å². The molecule has 2 aliphatic rings. The maximum atomic E-state index is 9.38. The zero-order chi connectivity index (χ0) is 15.1. The van der Waals surface area contributed by atoms with Crippen LogP contribution in [-0.4, -0.2) is 48.3 Å². The second-order valence-electron chi connectivity index (χ2n) is 7.20. The van der Waals surface area contributed by atoms with Gasteiger partial charge in [-0.1, -0.05) is 33.1 Å². The Hall–Kier alpha value is -0.120. The Bertz CT molecular complexity index is 280. The van der Waals surface area contributed by atoms with Crippen molar-refractivity contribution in [3.8, 4) is 0 Å². The van der Waals surface area contributed by atoms with Gasteiger partial charge in [-0.05, 0) is 50.5 Å². The van der Waals surface area contributed by atoms with E-state index in [0.717, 1.165) is 31.0 Å². The van der Waals surface area contributed by atoms with E-state index in [0.29, 0.717) is 12.6 Å². The van der Waals surface area contributed by atoms with Crippen molar-refractivity contribution in [2.45, 2.75) is 77.3 Å². The molecule has 2 N–H and O–H groups in total. The Morgan fingerprint density at radius 1 is 1.14 bits per heavy atom. The van der Waals surface area contributed by atoms with Gasteiger partial charge in [0.25, 0.3) is 0 Å². The Labute approximate surface area is 131 Å². The number of aliphatic hydroxyl groups is 1. The first-order valence-electron chi connectivity index (χ1n) is 9.36. The first-order chi connectivity index (χ1) is 10.3. The SMILES string of the molecule is CCCC1CCC(NCC)C(CN(CCO)C2CCC2)C1. The number of nitrogens with one attached hydrogen (secondary N) is 1. The fourth-order valence-electron chi connectivity index (χ4n) is 4.37. The summed E-state index contributed by atoms with van der Waals surface area (Å²) >= 11 is 0. The van der Waals surface area contributed by atoms with E-state index in [9.17, 15) is 5.11 Å². The Morgan fingerprint density at radius 2 is 1.95 bits per heavy atom. The molecule has 3 unspecified atom stereocenters. The second kappa shape index (κ2) is 9.12. The van der Waals surface area contributed by atoms with Gasteiger partial charge in [-0.25, -0.2) is 0 Å². The summed E-state index contributed by atoms with van der Waals surface area (Å²) in [6, 6.07) is 1.45. The minimum atomic E-state index is 0.313. The van der Waals surface area contributed by atoms with E-state index in [1.54, 1.807) is 0 Å². The molecule has 0 aromatic rings. The third-order valence-electron chi connectivity index (χ3n) is 5.70. The number of hydrogen-bond acceptors (Lipinski definition) is 3. The first-order valence-corrected chi connectivity index (χ1v) is 9.36. The second-order valence-corrected chi connectivity index (χ2v) is 7.20. The molecule has 2 aliphatic carbocycles. The highest BCUT2D eigenvalue weighted by Crippen LogP contribution is 2.34. The summed E-state index contributed by atoms with van der Waals surface area (Å²) in [5.41, 5.74) is 0. The van der Waals surface area contributed by atoms with Crippen LogP contribution in [0.2, 0.25) is 0 Å². The Balaban J connectivity index is 1.92. The highest BCUT2D eigenvalue weighted by atomic mass is 16.3. The molecule has 0 heterocycles. The van der Waals surface area contributed by atoms with E-state index in [1.165, 1.54) is 57.9 Å². The van der Waals surface area contributed by atoms with E-state index in [2.05, 4.69) is 24.1 Å². The molecule has 0 spiro atoms. The van der Waals surface area contributed by atoms with Crippen LogP contribution < -0.4 is 5.32 Å². The molecule has 0 radical (unpaired) electrons. The minimum Gasteiger partial charge on any atom is -0.395 e. The fraction of sp³-hybridized carbons (Fsp3) is 1.00. The van der Waals surface area contributed by atoms with Crippen LogP contribution in [-0.2, 0) is 0 Å². The summed E-state index contributed by atoms with van der Waals surface area (Å²) in [6.07, 6.45) is 10.9. The lowest BCUT2D eigenvalue weighted by molar-refractivity contribution is 0.0597. The molecule has 124 valence electrons. The van der Waals surface area contributed by atoms with Gasteiger partial charge in [0.05, 0.1) is 6.61 Å². The van der Waals surface area contributed by atoms with Crippen LogP contribution in [0.4, 0.5) is 0 Å². The minimum absolute atomic E-state index is 0.313. The summed E-state index contributed by atoms with van der Waals surface area (Å²) in [5, 5.41) is 13.1. The number of nitrogens with zero attached hydrogens (tertiary/aromatic N) is 1. The summed E-state index contributed by atoms with van der Waals surface area (Å²) in [6.45, 7) is 8.02. The van der Waals surface area contributed by atoms with Crippen LogP contribution in [0.25, 0.3) is 0 Å². The van der Waals surface area contributed by atoms with Crippen molar-refractivity contribution in [3.63, 3.8) is 0 Å². The third kappa shape index (κ3) is 4.94. The van der Waals surface area contributed by atoms with Crippen molar-refractivity contribution in [1.29, 1.82) is 0 Å². The zero-order valence-corrected chi connectivity index (χ0v) is 14.2. The Morgan fingerprint density at radius 3 is 2.52 bits per heavy atom. The topological polar surface area (TPSA) is 35.5 Å². The largest absolute Gasteiger partial charge is 0.395 e. The van der Waals surface area contributed by atoms with Crippen LogP contribution >= 0.6 is 0 Å². The first kappa shape index (κ1) is 17.2. The predicted octanol–water partition coefficient (Wildman–Crippen LogP) is 3.03. The molecule has 2 saturated carbocycles. The van der Waals surface area contributed by atoms with E-state index < -0.39 is 0 Å². The monoisotopic (exact) mass is 296 g/mol. The zero-order valence-electron chi connectivity index (χ0n) is 14.2. The molecular formula is C18H36N2O. The van der Waals surface area contributed by atoms with Crippen LogP contribution in [0.1, 0.15) is 65.2 Å². The van der Waals surface area contributed by atoms with Gasteiger partial charge in [0.15, 0.2) is 0 Å². The normalized spacial score (nSPS) is 30.6. The van der Waals surface area contributed by atoms with Gasteiger partial charge in [0.2, 0.25) is 0 Å². The molecule has 0 saturated heterocycles. The van der Waals surface area contributed by atoms with Gasteiger partial charge in [0.1, 0.15) is 0 Å². The molecule has 0 aromatic heterocycles. The Kier molecular flexibility index (Phi) is 7.48. The average Bonchev–Trinajstić information content (AvgIpc) is 2.40. The maximum absolute atomic E-state index is 9.38. The molecular weight excluding hydrogens is 260 g/mol. The molecule has 2 fully saturated rings. The van der Waals surface area contributed by atoms with E-state index >= 15 is 0 Å². The van der Waals surface area contributed by atoms with Crippen molar-refractivity contribution < 1.29 is 5.11 Å². The lowest BCUT2D eigenvalue weighted by Crippen LogP contribution is -2.50. The predicted molar refractivity (Wildman–Crippen MR) is 89.5 cm³/mol. The van der Waals surface area contributed by atoms with Crippen molar-refractivity contribution in [2.75, 3.05) is 26.2 Å². The number of aliphatic hydroxyl groups excluding tert-OH is 1. The summed E-state index contributed by atoms with van der Waals surface area (Å²) < 4.78 is 0. The number of hydrogen-bond donors (Lipinski definition) is 2. The molecule has 3 nitrogen and oxygen atoms in total. The molecule has 3 atom stereocenters. The smallest absolute Gasteiger partial charge is 0.0558 e. The summed E-state index contributed by atoms with van der Waals surface area (Å²) in [5.74, 6) is 1.72. The quantitative estimate of drug-likeness (QED) is 0.686. The summed E-state index contributed by atoms with van der Waals surface area (Å²) in [4.78, 5) is 2.59. The van der Waals surface area contributed by atoms with Crippen molar-refractivity contribution in [1.82, 2.24) is 10.2 Å². The molecule has 21 heavy (non-hydrogen) atoms. The van der Waals surface area contributed by atoms with Gasteiger partial charge >= 0.3 is 0 Å². The van der Waals surface area contributed by atoms with Gasteiger partial charge in [-0.3, -0.25) is 4.90 Å². The lowest BCUT2D eigenvalue weighted by Gasteiger charge is -2.43. The average molecular weight is 296 g/mol. The van der Waals surface area contributed by atoms with Gasteiger partial charge in [-0.15, -0.1) is 0 Å². The van der Waals surface area contributed by atoms with E-state index in [1.807, 2.05) is 0 Å².